The van der Waals surface area contributed by atoms with Gasteiger partial charge < -0.3 is 10.5 Å². The maximum atomic E-state index is 12.9. The van der Waals surface area contributed by atoms with Crippen LogP contribution in [0.1, 0.15) is 15.9 Å². The molecule has 7 heteroatoms. The molecule has 28 heavy (non-hydrogen) atoms. The fourth-order valence-corrected chi connectivity index (χ4v) is 3.99. The number of hydrogen-bond donors (Lipinski definition) is 1. The predicted octanol–water partition coefficient (Wildman–Crippen LogP) is 3.28. The maximum absolute atomic E-state index is 12.9. The second-order valence-corrected chi connectivity index (χ2v) is 7.34. The summed E-state index contributed by atoms with van der Waals surface area (Å²) in [5.74, 6) is 0.309. The van der Waals surface area contributed by atoms with Gasteiger partial charge in [-0.25, -0.2) is 4.98 Å². The van der Waals surface area contributed by atoms with Crippen LogP contribution in [0.4, 0.5) is 0 Å². The second kappa shape index (κ2) is 7.28. The highest BCUT2D eigenvalue weighted by molar-refractivity contribution is 7.22. The molecule has 0 saturated carbocycles. The second-order valence-electron chi connectivity index (χ2n) is 6.29. The lowest BCUT2D eigenvalue weighted by molar-refractivity contribution is 0.100. The summed E-state index contributed by atoms with van der Waals surface area (Å²) in [6, 6.07) is 16.5. The van der Waals surface area contributed by atoms with E-state index in [1.807, 2.05) is 30.3 Å². The zero-order chi connectivity index (χ0) is 19.7. The molecule has 0 aliphatic rings. The molecule has 0 bridgehead atoms. The molecule has 0 fully saturated rings. The van der Waals surface area contributed by atoms with Crippen molar-refractivity contribution in [1.82, 2.24) is 9.55 Å². The van der Waals surface area contributed by atoms with Crippen LogP contribution in [0.15, 0.2) is 65.7 Å². The predicted molar refractivity (Wildman–Crippen MR) is 110 cm³/mol. The fraction of sp³-hybridized carbons (Fsp3) is 0.0952. The van der Waals surface area contributed by atoms with Gasteiger partial charge in [0.2, 0.25) is 5.91 Å². The first-order valence-electron chi connectivity index (χ1n) is 8.57. The minimum absolute atomic E-state index is 0.0891. The molecular weight excluding hydrogens is 374 g/mol. The van der Waals surface area contributed by atoms with Crippen molar-refractivity contribution in [3.05, 3.63) is 82.4 Å². The Labute approximate surface area is 164 Å². The highest BCUT2D eigenvalue weighted by atomic mass is 32.1. The van der Waals surface area contributed by atoms with Gasteiger partial charge in [0.1, 0.15) is 10.4 Å². The molecular formula is C21H17N3O3S. The summed E-state index contributed by atoms with van der Waals surface area (Å²) in [5.41, 5.74) is 8.19. The number of fused-ring (bicyclic) bond motifs is 1. The number of benzene rings is 2. The summed E-state index contributed by atoms with van der Waals surface area (Å²) in [4.78, 5) is 29.5. The first kappa shape index (κ1) is 17.9. The number of carbonyl (C=O) groups excluding carboxylic acids is 1. The first-order valence-corrected chi connectivity index (χ1v) is 9.39. The molecule has 0 unspecified atom stereocenters. The van der Waals surface area contributed by atoms with Gasteiger partial charge >= 0.3 is 0 Å². The molecule has 6 nitrogen and oxygen atoms in total. The van der Waals surface area contributed by atoms with E-state index in [0.29, 0.717) is 22.3 Å². The third-order valence-electron chi connectivity index (χ3n) is 4.47. The quantitative estimate of drug-likeness (QED) is 0.566. The van der Waals surface area contributed by atoms with Crippen molar-refractivity contribution in [3.8, 4) is 16.2 Å². The summed E-state index contributed by atoms with van der Waals surface area (Å²) in [6.07, 6.45) is 1.55. The van der Waals surface area contributed by atoms with Gasteiger partial charge in [-0.1, -0.05) is 12.1 Å². The number of nitrogens with zero attached hydrogens (tertiary/aromatic N) is 2. The van der Waals surface area contributed by atoms with Gasteiger partial charge in [-0.05, 0) is 53.6 Å². The van der Waals surface area contributed by atoms with E-state index < -0.39 is 5.91 Å². The van der Waals surface area contributed by atoms with Crippen LogP contribution in [0.3, 0.4) is 0 Å². The number of rotatable bonds is 5. The Kier molecular flexibility index (Phi) is 4.67. The van der Waals surface area contributed by atoms with Crippen LogP contribution in [0.5, 0.6) is 5.75 Å². The first-order chi connectivity index (χ1) is 13.5. The number of aromatic nitrogens is 2. The number of methoxy groups -OCH3 is 1. The molecule has 0 saturated heterocycles. The largest absolute Gasteiger partial charge is 0.497 e. The molecule has 2 heterocycles. The summed E-state index contributed by atoms with van der Waals surface area (Å²) in [7, 11) is 1.63. The molecule has 4 aromatic rings. The molecule has 4 rings (SSSR count). The Morgan fingerprint density at radius 2 is 1.86 bits per heavy atom. The van der Waals surface area contributed by atoms with Crippen molar-refractivity contribution < 1.29 is 9.53 Å². The lowest BCUT2D eigenvalue weighted by Gasteiger charge is -2.05. The van der Waals surface area contributed by atoms with Crippen molar-refractivity contribution >= 4 is 27.5 Å². The van der Waals surface area contributed by atoms with Crippen molar-refractivity contribution in [3.63, 3.8) is 0 Å². The zero-order valence-electron chi connectivity index (χ0n) is 15.1. The van der Waals surface area contributed by atoms with Gasteiger partial charge in [0, 0.05) is 10.4 Å². The average Bonchev–Trinajstić information content (AvgIpc) is 3.16. The van der Waals surface area contributed by atoms with Gasteiger partial charge in [-0.3, -0.25) is 14.2 Å². The summed E-state index contributed by atoms with van der Waals surface area (Å²) in [5, 5.41) is 0. The van der Waals surface area contributed by atoms with Crippen molar-refractivity contribution in [2.75, 3.05) is 7.11 Å². The van der Waals surface area contributed by atoms with Crippen LogP contribution in [0.25, 0.3) is 20.7 Å². The minimum Gasteiger partial charge on any atom is -0.497 e. The van der Waals surface area contributed by atoms with Crippen LogP contribution in [0, 0.1) is 0 Å². The molecule has 0 spiro atoms. The van der Waals surface area contributed by atoms with Crippen LogP contribution in [-0.4, -0.2) is 22.6 Å². The van der Waals surface area contributed by atoms with Gasteiger partial charge in [-0.15, -0.1) is 11.3 Å². The minimum atomic E-state index is -0.476. The van der Waals surface area contributed by atoms with E-state index in [1.165, 1.54) is 11.3 Å². The van der Waals surface area contributed by atoms with Gasteiger partial charge in [0.15, 0.2) is 0 Å². The van der Waals surface area contributed by atoms with Crippen molar-refractivity contribution in [2.24, 2.45) is 5.73 Å². The maximum Gasteiger partial charge on any atom is 0.271 e. The number of thiophene rings is 1. The van der Waals surface area contributed by atoms with E-state index >= 15 is 0 Å². The number of hydrogen-bond acceptors (Lipinski definition) is 5. The topological polar surface area (TPSA) is 87.2 Å². The Bertz CT molecular complexity index is 1210. The Hall–Kier alpha value is -3.45. The number of primary amides is 1. The molecule has 140 valence electrons. The summed E-state index contributed by atoms with van der Waals surface area (Å²) in [6.45, 7) is 0.372. The highest BCUT2D eigenvalue weighted by Crippen LogP contribution is 2.31. The number of amides is 1. The SMILES string of the molecule is COc1ccc(-c2cc3ncn(Cc4ccc(C(N)=O)cc4)c(=O)c3s2)cc1. The van der Waals surface area contributed by atoms with Crippen molar-refractivity contribution in [1.29, 1.82) is 0 Å². The van der Waals surface area contributed by atoms with E-state index in [2.05, 4.69) is 4.98 Å². The van der Waals surface area contributed by atoms with Crippen LogP contribution >= 0.6 is 11.3 Å². The standard InChI is InChI=1S/C21H17N3O3S/c1-27-16-8-6-14(7-9-16)18-10-17-19(28-18)21(26)24(12-23-17)11-13-2-4-15(5-3-13)20(22)25/h2-10,12H,11H2,1H3,(H2,22,25). The van der Waals surface area contributed by atoms with Crippen molar-refractivity contribution in [2.45, 2.75) is 6.54 Å². The van der Waals surface area contributed by atoms with E-state index in [-0.39, 0.29) is 5.56 Å². The Morgan fingerprint density at radius 3 is 2.50 bits per heavy atom. The lowest BCUT2D eigenvalue weighted by Crippen LogP contribution is -2.20. The zero-order valence-corrected chi connectivity index (χ0v) is 15.9. The fourth-order valence-electron chi connectivity index (χ4n) is 2.93. The lowest BCUT2D eigenvalue weighted by atomic mass is 10.1. The third-order valence-corrected chi connectivity index (χ3v) is 5.63. The van der Waals surface area contributed by atoms with Crippen LogP contribution in [0.2, 0.25) is 0 Å². The molecule has 1 amide bonds. The van der Waals surface area contributed by atoms with Crippen LogP contribution < -0.4 is 16.0 Å². The van der Waals surface area contributed by atoms with E-state index in [9.17, 15) is 9.59 Å². The molecule has 2 N–H and O–H groups in total. The van der Waals surface area contributed by atoms with E-state index in [0.717, 1.165) is 21.8 Å². The van der Waals surface area contributed by atoms with E-state index in [4.69, 9.17) is 10.5 Å². The molecule has 2 aromatic heterocycles. The number of ether oxygens (including phenoxy) is 1. The Morgan fingerprint density at radius 1 is 1.14 bits per heavy atom. The molecule has 0 aliphatic heterocycles. The average molecular weight is 391 g/mol. The van der Waals surface area contributed by atoms with Crippen LogP contribution in [-0.2, 0) is 6.54 Å². The Balaban J connectivity index is 1.66. The molecule has 2 aromatic carbocycles. The monoisotopic (exact) mass is 391 g/mol. The summed E-state index contributed by atoms with van der Waals surface area (Å²) >= 11 is 1.42. The third kappa shape index (κ3) is 3.39. The number of carbonyl (C=O) groups is 1. The smallest absolute Gasteiger partial charge is 0.271 e. The van der Waals surface area contributed by atoms with Gasteiger partial charge in [-0.2, -0.15) is 0 Å². The molecule has 0 radical (unpaired) electrons. The molecule has 0 aliphatic carbocycles. The van der Waals surface area contributed by atoms with Gasteiger partial charge in [0.05, 0.1) is 25.5 Å². The highest BCUT2D eigenvalue weighted by Gasteiger charge is 2.11. The van der Waals surface area contributed by atoms with Gasteiger partial charge in [0.25, 0.3) is 5.56 Å². The molecule has 0 atom stereocenters. The normalized spacial score (nSPS) is 10.9. The number of nitrogens with two attached hydrogens (primary N) is 1. The summed E-state index contributed by atoms with van der Waals surface area (Å²) < 4.78 is 7.37. The van der Waals surface area contributed by atoms with E-state index in [1.54, 1.807) is 42.3 Å².